The molecule has 1 unspecified atom stereocenters. The second-order valence-electron chi connectivity index (χ2n) is 7.81. The molecule has 5 heteroatoms. The molecule has 0 spiro atoms. The van der Waals surface area contributed by atoms with E-state index >= 15 is 0 Å². The van der Waals surface area contributed by atoms with Gasteiger partial charge in [-0.25, -0.2) is 8.42 Å². The van der Waals surface area contributed by atoms with E-state index < -0.39 is 9.84 Å². The third-order valence-electron chi connectivity index (χ3n) is 5.83. The first-order valence-corrected chi connectivity index (χ1v) is 12.0. The molecule has 0 N–H and O–H groups in total. The lowest BCUT2D eigenvalue weighted by molar-refractivity contribution is -0.124. The molecule has 0 bridgehead atoms. The quantitative estimate of drug-likeness (QED) is 0.581. The van der Waals surface area contributed by atoms with Gasteiger partial charge in [-0.05, 0) is 76.0 Å². The van der Waals surface area contributed by atoms with Gasteiger partial charge < -0.3 is 4.74 Å². The van der Waals surface area contributed by atoms with Gasteiger partial charge in [0.25, 0.3) is 0 Å². The number of sulfone groups is 1. The summed E-state index contributed by atoms with van der Waals surface area (Å²) in [5.74, 6) is 1.77. The highest BCUT2D eigenvalue weighted by atomic mass is 32.2. The van der Waals surface area contributed by atoms with Crippen LogP contribution in [0, 0.1) is 11.8 Å². The standard InChI is InChI=1S/C22H34O4S/c1-4-17(3)27(24,25)16-19-9-12-20(13-10-19)22(23)14-11-18-7-6-8-21(15-18)26-5-2/h6-8,15,17,19-20H,4-5,9-14,16H2,1-3H3. The van der Waals surface area contributed by atoms with Crippen molar-refractivity contribution in [2.45, 2.75) is 71.0 Å². The van der Waals surface area contributed by atoms with Crippen molar-refractivity contribution in [2.75, 3.05) is 12.4 Å². The van der Waals surface area contributed by atoms with Crippen molar-refractivity contribution in [3.05, 3.63) is 29.8 Å². The number of rotatable bonds is 10. The lowest BCUT2D eigenvalue weighted by Gasteiger charge is -2.28. The maximum Gasteiger partial charge on any atom is 0.153 e. The highest BCUT2D eigenvalue weighted by Gasteiger charge is 2.30. The van der Waals surface area contributed by atoms with Gasteiger partial charge in [0.1, 0.15) is 11.5 Å². The Balaban J connectivity index is 1.79. The maximum absolute atomic E-state index is 12.6. The number of hydrogen-bond acceptors (Lipinski definition) is 4. The van der Waals surface area contributed by atoms with E-state index in [-0.39, 0.29) is 22.8 Å². The number of carbonyl (C=O) groups excluding carboxylic acids is 1. The van der Waals surface area contributed by atoms with Crippen LogP contribution < -0.4 is 4.74 Å². The van der Waals surface area contributed by atoms with Gasteiger partial charge in [0.2, 0.25) is 0 Å². The SMILES string of the molecule is CCOc1cccc(CCC(=O)C2CCC(CS(=O)(=O)C(C)CC)CC2)c1. The number of ketones is 1. The summed E-state index contributed by atoms with van der Waals surface area (Å²) in [6.45, 7) is 6.31. The maximum atomic E-state index is 12.6. The number of hydrogen-bond donors (Lipinski definition) is 0. The molecule has 2 rings (SSSR count). The second-order valence-corrected chi connectivity index (χ2v) is 10.3. The molecule has 152 valence electrons. The van der Waals surface area contributed by atoms with Crippen LogP contribution >= 0.6 is 0 Å². The fourth-order valence-electron chi connectivity index (χ4n) is 3.83. The van der Waals surface area contributed by atoms with Gasteiger partial charge in [0.15, 0.2) is 9.84 Å². The molecular weight excluding hydrogens is 360 g/mol. The predicted molar refractivity (Wildman–Crippen MR) is 110 cm³/mol. The summed E-state index contributed by atoms with van der Waals surface area (Å²) in [5, 5.41) is -0.260. The third-order valence-corrected chi connectivity index (χ3v) is 8.32. The fourth-order valence-corrected chi connectivity index (χ4v) is 5.65. The molecule has 0 amide bonds. The average Bonchev–Trinajstić information content (AvgIpc) is 2.66. The zero-order valence-electron chi connectivity index (χ0n) is 16.9. The van der Waals surface area contributed by atoms with Crippen molar-refractivity contribution in [3.63, 3.8) is 0 Å². The van der Waals surface area contributed by atoms with E-state index in [1.54, 1.807) is 6.92 Å². The van der Waals surface area contributed by atoms with Crippen LogP contribution in [0.5, 0.6) is 5.75 Å². The topological polar surface area (TPSA) is 60.4 Å². The van der Waals surface area contributed by atoms with Crippen LogP contribution in [0.3, 0.4) is 0 Å². The molecule has 1 aromatic carbocycles. The van der Waals surface area contributed by atoms with Crippen molar-refractivity contribution in [2.24, 2.45) is 11.8 Å². The van der Waals surface area contributed by atoms with Crippen LogP contribution in [0.4, 0.5) is 0 Å². The summed E-state index contributed by atoms with van der Waals surface area (Å²) in [5.41, 5.74) is 1.13. The Hall–Kier alpha value is -1.36. The molecule has 1 saturated carbocycles. The first-order valence-electron chi connectivity index (χ1n) is 10.3. The summed E-state index contributed by atoms with van der Waals surface area (Å²) in [6.07, 6.45) is 5.33. The van der Waals surface area contributed by atoms with Crippen molar-refractivity contribution in [1.82, 2.24) is 0 Å². The lowest BCUT2D eigenvalue weighted by atomic mass is 9.79. The lowest BCUT2D eigenvalue weighted by Crippen LogP contribution is -2.29. The van der Waals surface area contributed by atoms with Crippen molar-refractivity contribution in [1.29, 1.82) is 0 Å². The molecule has 1 fully saturated rings. The summed E-state index contributed by atoms with van der Waals surface area (Å²) in [4.78, 5) is 12.6. The predicted octanol–water partition coefficient (Wildman–Crippen LogP) is 4.61. The van der Waals surface area contributed by atoms with Gasteiger partial charge in [-0.1, -0.05) is 19.1 Å². The Morgan fingerprint density at radius 3 is 2.52 bits per heavy atom. The molecule has 0 saturated heterocycles. The molecule has 1 aliphatic rings. The monoisotopic (exact) mass is 394 g/mol. The largest absolute Gasteiger partial charge is 0.494 e. The Morgan fingerprint density at radius 2 is 1.89 bits per heavy atom. The van der Waals surface area contributed by atoms with Gasteiger partial charge in [-0.3, -0.25) is 4.79 Å². The van der Waals surface area contributed by atoms with E-state index in [4.69, 9.17) is 4.74 Å². The minimum Gasteiger partial charge on any atom is -0.494 e. The van der Waals surface area contributed by atoms with E-state index in [0.29, 0.717) is 25.2 Å². The molecule has 0 radical (unpaired) electrons. The number of Topliss-reactive ketones (excluding diaryl/α,β-unsaturated/α-hetero) is 1. The number of benzene rings is 1. The molecule has 4 nitrogen and oxygen atoms in total. The average molecular weight is 395 g/mol. The zero-order chi connectivity index (χ0) is 19.9. The first-order chi connectivity index (χ1) is 12.9. The zero-order valence-corrected chi connectivity index (χ0v) is 17.8. The van der Waals surface area contributed by atoms with Crippen LogP contribution in [0.2, 0.25) is 0 Å². The summed E-state index contributed by atoms with van der Waals surface area (Å²) in [6, 6.07) is 7.94. The highest BCUT2D eigenvalue weighted by Crippen LogP contribution is 2.32. The van der Waals surface area contributed by atoms with E-state index in [2.05, 4.69) is 0 Å². The Labute approximate surface area is 164 Å². The van der Waals surface area contributed by atoms with E-state index in [9.17, 15) is 13.2 Å². The molecule has 0 heterocycles. The molecule has 1 aromatic rings. The van der Waals surface area contributed by atoms with Crippen LogP contribution in [-0.2, 0) is 21.1 Å². The number of ether oxygens (including phenoxy) is 1. The van der Waals surface area contributed by atoms with Crippen molar-refractivity contribution >= 4 is 15.6 Å². The Bertz CT molecular complexity index is 703. The minimum absolute atomic E-state index is 0.0997. The first kappa shape index (κ1) is 21.9. The van der Waals surface area contributed by atoms with E-state index in [1.807, 2.05) is 38.1 Å². The number of aryl methyl sites for hydroxylation is 1. The minimum atomic E-state index is -3.00. The van der Waals surface area contributed by atoms with Gasteiger partial charge >= 0.3 is 0 Å². The number of carbonyl (C=O) groups is 1. The van der Waals surface area contributed by atoms with Gasteiger partial charge in [0, 0.05) is 12.3 Å². The second kappa shape index (κ2) is 10.3. The van der Waals surface area contributed by atoms with Gasteiger partial charge in [-0.15, -0.1) is 0 Å². The van der Waals surface area contributed by atoms with Crippen molar-refractivity contribution < 1.29 is 17.9 Å². The van der Waals surface area contributed by atoms with Crippen LogP contribution in [0.25, 0.3) is 0 Å². The molecule has 1 atom stereocenters. The summed E-state index contributed by atoms with van der Waals surface area (Å²) in [7, 11) is -3.00. The molecule has 0 aliphatic heterocycles. The smallest absolute Gasteiger partial charge is 0.153 e. The fraction of sp³-hybridized carbons (Fsp3) is 0.682. The van der Waals surface area contributed by atoms with E-state index in [0.717, 1.165) is 43.4 Å². The summed E-state index contributed by atoms with van der Waals surface area (Å²) < 4.78 is 30.1. The third kappa shape index (κ3) is 6.63. The molecule has 1 aliphatic carbocycles. The molecule has 27 heavy (non-hydrogen) atoms. The van der Waals surface area contributed by atoms with Crippen LogP contribution in [0.1, 0.15) is 64.9 Å². The van der Waals surface area contributed by atoms with Gasteiger partial charge in [0.05, 0.1) is 17.6 Å². The van der Waals surface area contributed by atoms with Crippen molar-refractivity contribution in [3.8, 4) is 5.75 Å². The van der Waals surface area contributed by atoms with E-state index in [1.165, 1.54) is 0 Å². The van der Waals surface area contributed by atoms with Crippen LogP contribution in [-0.4, -0.2) is 31.8 Å². The van der Waals surface area contributed by atoms with Gasteiger partial charge in [-0.2, -0.15) is 0 Å². The van der Waals surface area contributed by atoms with Crippen LogP contribution in [0.15, 0.2) is 24.3 Å². The Morgan fingerprint density at radius 1 is 1.19 bits per heavy atom. The summed E-state index contributed by atoms with van der Waals surface area (Å²) >= 11 is 0. The molecular formula is C22H34O4S. The normalized spacial score (nSPS) is 21.6. The Kier molecular flexibility index (Phi) is 8.33. The highest BCUT2D eigenvalue weighted by molar-refractivity contribution is 7.92. The molecule has 0 aromatic heterocycles.